The van der Waals surface area contributed by atoms with Gasteiger partial charge in [-0.05, 0) is 60.8 Å². The zero-order valence-corrected chi connectivity index (χ0v) is 13.4. The molecule has 0 radical (unpaired) electrons. The van der Waals surface area contributed by atoms with Crippen LogP contribution in [0.3, 0.4) is 0 Å². The Bertz CT molecular complexity index is 445. The molecule has 1 saturated carbocycles. The number of hydrogen-bond acceptors (Lipinski definition) is 4. The molecule has 0 aromatic carbocycles. The Balaban J connectivity index is 1.52. The molecule has 1 saturated heterocycles. The second-order valence-corrected chi connectivity index (χ2v) is 6.59. The van der Waals surface area contributed by atoms with Gasteiger partial charge in [0.25, 0.3) is 0 Å². The summed E-state index contributed by atoms with van der Waals surface area (Å²) in [5.74, 6) is 0.778. The van der Waals surface area contributed by atoms with E-state index in [4.69, 9.17) is 4.74 Å². The lowest BCUT2D eigenvalue weighted by Gasteiger charge is -2.16. The van der Waals surface area contributed by atoms with Gasteiger partial charge in [0.2, 0.25) is 5.88 Å². The molecule has 1 aromatic rings. The first kappa shape index (κ1) is 14.3. The van der Waals surface area contributed by atoms with E-state index in [0.29, 0.717) is 6.04 Å². The zero-order chi connectivity index (χ0) is 13.8. The summed E-state index contributed by atoms with van der Waals surface area (Å²) in [6, 6.07) is 2.81. The highest BCUT2D eigenvalue weighted by Gasteiger charge is 2.21. The average Bonchev–Trinajstić information content (AvgIpc) is 3.13. The summed E-state index contributed by atoms with van der Waals surface area (Å²) < 4.78 is 6.90. The molecular weight excluding hydrogens is 318 g/mol. The van der Waals surface area contributed by atoms with E-state index in [1.165, 1.54) is 38.8 Å². The van der Waals surface area contributed by atoms with E-state index in [2.05, 4.69) is 37.2 Å². The lowest BCUT2D eigenvalue weighted by Crippen LogP contribution is -2.25. The van der Waals surface area contributed by atoms with Crippen molar-refractivity contribution in [2.75, 3.05) is 26.2 Å². The minimum Gasteiger partial charge on any atom is -0.476 e. The fraction of sp³-hybridized carbons (Fsp3) is 0.667. The van der Waals surface area contributed by atoms with Crippen LogP contribution in [0.25, 0.3) is 0 Å². The van der Waals surface area contributed by atoms with Gasteiger partial charge in [-0.1, -0.05) is 0 Å². The molecule has 2 heterocycles. The highest BCUT2D eigenvalue weighted by Crippen LogP contribution is 2.23. The third-order valence-electron chi connectivity index (χ3n) is 3.90. The van der Waals surface area contributed by atoms with E-state index in [-0.39, 0.29) is 0 Å². The van der Waals surface area contributed by atoms with Crippen molar-refractivity contribution in [1.82, 2.24) is 15.2 Å². The summed E-state index contributed by atoms with van der Waals surface area (Å²) in [5, 5.41) is 3.52. The molecule has 0 amide bonds. The van der Waals surface area contributed by atoms with Crippen molar-refractivity contribution in [3.63, 3.8) is 0 Å². The van der Waals surface area contributed by atoms with Crippen LogP contribution in [0, 0.1) is 0 Å². The minimum atomic E-state index is 0.700. The van der Waals surface area contributed by atoms with Crippen LogP contribution in [0.1, 0.15) is 31.2 Å². The Morgan fingerprint density at radius 1 is 1.35 bits per heavy atom. The molecule has 5 heteroatoms. The highest BCUT2D eigenvalue weighted by molar-refractivity contribution is 9.10. The van der Waals surface area contributed by atoms with Crippen molar-refractivity contribution in [3.8, 4) is 5.88 Å². The van der Waals surface area contributed by atoms with Crippen molar-refractivity contribution in [2.45, 2.75) is 38.3 Å². The molecule has 0 unspecified atom stereocenters. The van der Waals surface area contributed by atoms with Crippen LogP contribution < -0.4 is 10.1 Å². The molecule has 1 aliphatic heterocycles. The maximum atomic E-state index is 5.89. The molecule has 0 bridgehead atoms. The fourth-order valence-electron chi connectivity index (χ4n) is 2.54. The predicted octanol–water partition coefficient (Wildman–Crippen LogP) is 2.57. The minimum absolute atomic E-state index is 0.700. The topological polar surface area (TPSA) is 37.4 Å². The molecule has 2 aliphatic rings. The van der Waals surface area contributed by atoms with Crippen LogP contribution in [-0.2, 0) is 6.54 Å². The average molecular weight is 340 g/mol. The second kappa shape index (κ2) is 6.87. The van der Waals surface area contributed by atoms with Crippen LogP contribution in [0.5, 0.6) is 5.88 Å². The van der Waals surface area contributed by atoms with E-state index in [0.717, 1.165) is 35.6 Å². The van der Waals surface area contributed by atoms with E-state index in [1.54, 1.807) is 0 Å². The van der Waals surface area contributed by atoms with Gasteiger partial charge in [0.05, 0.1) is 0 Å². The number of rotatable bonds is 7. The Morgan fingerprint density at radius 3 is 2.90 bits per heavy atom. The molecule has 110 valence electrons. The number of ether oxygens (including phenoxy) is 1. The van der Waals surface area contributed by atoms with Crippen LogP contribution in [-0.4, -0.2) is 42.2 Å². The van der Waals surface area contributed by atoms with Gasteiger partial charge in [0.15, 0.2) is 0 Å². The van der Waals surface area contributed by atoms with Gasteiger partial charge in [0, 0.05) is 35.4 Å². The number of pyridine rings is 1. The smallest absolute Gasteiger partial charge is 0.217 e. The predicted molar refractivity (Wildman–Crippen MR) is 83.0 cm³/mol. The molecule has 2 fully saturated rings. The first-order valence-electron chi connectivity index (χ1n) is 7.54. The van der Waals surface area contributed by atoms with Crippen LogP contribution in [0.15, 0.2) is 16.7 Å². The van der Waals surface area contributed by atoms with E-state index < -0.39 is 0 Å². The first-order valence-corrected chi connectivity index (χ1v) is 8.33. The van der Waals surface area contributed by atoms with Gasteiger partial charge in [-0.15, -0.1) is 0 Å². The van der Waals surface area contributed by atoms with Gasteiger partial charge in [-0.2, -0.15) is 0 Å². The summed E-state index contributed by atoms with van der Waals surface area (Å²) in [4.78, 5) is 6.87. The van der Waals surface area contributed by atoms with Gasteiger partial charge in [-0.25, -0.2) is 4.98 Å². The maximum absolute atomic E-state index is 5.89. The summed E-state index contributed by atoms with van der Waals surface area (Å²) in [7, 11) is 0. The fourth-order valence-corrected chi connectivity index (χ4v) is 2.92. The SMILES string of the molecule is Brc1cnc(OCCN2CCCC2)c(CNC2CC2)c1. The monoisotopic (exact) mass is 339 g/mol. The number of halogens is 1. The summed E-state index contributed by atoms with van der Waals surface area (Å²) >= 11 is 3.49. The van der Waals surface area contributed by atoms with Crippen molar-refractivity contribution in [3.05, 3.63) is 22.3 Å². The number of aromatic nitrogens is 1. The van der Waals surface area contributed by atoms with E-state index in [1.807, 2.05) is 6.20 Å². The molecule has 0 spiro atoms. The summed E-state index contributed by atoms with van der Waals surface area (Å²) in [5.41, 5.74) is 1.15. The zero-order valence-electron chi connectivity index (χ0n) is 11.8. The largest absolute Gasteiger partial charge is 0.476 e. The Kier molecular flexibility index (Phi) is 4.91. The molecular formula is C15H22BrN3O. The van der Waals surface area contributed by atoms with Crippen molar-refractivity contribution >= 4 is 15.9 Å². The molecule has 3 rings (SSSR count). The lowest BCUT2D eigenvalue weighted by atomic mass is 10.2. The Morgan fingerprint density at radius 2 is 2.15 bits per heavy atom. The molecule has 0 atom stereocenters. The number of likely N-dealkylation sites (tertiary alicyclic amines) is 1. The van der Waals surface area contributed by atoms with Gasteiger partial charge in [0.1, 0.15) is 6.61 Å². The van der Waals surface area contributed by atoms with Crippen LogP contribution >= 0.6 is 15.9 Å². The maximum Gasteiger partial charge on any atom is 0.217 e. The summed E-state index contributed by atoms with van der Waals surface area (Å²) in [6.07, 6.45) is 7.06. The molecule has 4 nitrogen and oxygen atoms in total. The Hall–Kier alpha value is -0.650. The van der Waals surface area contributed by atoms with Gasteiger partial charge < -0.3 is 10.1 Å². The standard InChI is InChI=1S/C15H22BrN3O/c16-13-9-12(10-17-14-3-4-14)15(18-11-13)20-8-7-19-5-1-2-6-19/h9,11,14,17H,1-8,10H2. The third-order valence-corrected chi connectivity index (χ3v) is 4.33. The third kappa shape index (κ3) is 4.17. The number of nitrogens with zero attached hydrogens (tertiary/aromatic N) is 2. The second-order valence-electron chi connectivity index (χ2n) is 5.67. The molecule has 1 N–H and O–H groups in total. The van der Waals surface area contributed by atoms with Crippen molar-refractivity contribution in [1.29, 1.82) is 0 Å². The first-order chi connectivity index (χ1) is 9.81. The number of nitrogens with one attached hydrogen (secondary N) is 1. The normalized spacial score (nSPS) is 19.4. The molecule has 1 aromatic heterocycles. The van der Waals surface area contributed by atoms with Crippen LogP contribution in [0.4, 0.5) is 0 Å². The van der Waals surface area contributed by atoms with Gasteiger partial charge >= 0.3 is 0 Å². The van der Waals surface area contributed by atoms with Crippen molar-refractivity contribution in [2.24, 2.45) is 0 Å². The van der Waals surface area contributed by atoms with E-state index in [9.17, 15) is 0 Å². The molecule has 20 heavy (non-hydrogen) atoms. The van der Waals surface area contributed by atoms with Crippen molar-refractivity contribution < 1.29 is 4.74 Å². The Labute approximate surface area is 129 Å². The quantitative estimate of drug-likeness (QED) is 0.828. The highest BCUT2D eigenvalue weighted by atomic mass is 79.9. The van der Waals surface area contributed by atoms with Gasteiger partial charge in [-0.3, -0.25) is 4.90 Å². The van der Waals surface area contributed by atoms with Crippen LogP contribution in [0.2, 0.25) is 0 Å². The number of hydrogen-bond donors (Lipinski definition) is 1. The molecule has 1 aliphatic carbocycles. The summed E-state index contributed by atoms with van der Waals surface area (Å²) in [6.45, 7) is 5.01. The lowest BCUT2D eigenvalue weighted by molar-refractivity contribution is 0.230. The van der Waals surface area contributed by atoms with E-state index >= 15 is 0 Å².